The third-order valence-corrected chi connectivity index (χ3v) is 1.78. The number of hydrogen-bond donors (Lipinski definition) is 1. The fourth-order valence-corrected chi connectivity index (χ4v) is 1.22. The molecule has 3 heteroatoms. The van der Waals surface area contributed by atoms with Gasteiger partial charge in [-0.1, -0.05) is 19.0 Å². The van der Waals surface area contributed by atoms with Crippen LogP contribution < -0.4 is 5.73 Å². The second kappa shape index (κ2) is 3.72. The molecule has 0 amide bonds. The first-order chi connectivity index (χ1) is 5.20. The molecule has 0 saturated carbocycles. The van der Waals surface area contributed by atoms with Crippen LogP contribution in [0.5, 0.6) is 0 Å². The summed E-state index contributed by atoms with van der Waals surface area (Å²) in [6.45, 7) is 5.04. The number of nitrogens with two attached hydrogens (primary N) is 1. The lowest BCUT2D eigenvalue weighted by molar-refractivity contribution is 0.173. The second-order valence-corrected chi connectivity index (χ2v) is 3.40. The quantitative estimate of drug-likeness (QED) is 0.666. The van der Waals surface area contributed by atoms with Crippen LogP contribution in [0, 0.1) is 5.92 Å². The van der Waals surface area contributed by atoms with Gasteiger partial charge in [0.05, 0.1) is 5.71 Å². The molecule has 1 aliphatic heterocycles. The second-order valence-electron chi connectivity index (χ2n) is 3.40. The molecule has 0 unspecified atom stereocenters. The van der Waals surface area contributed by atoms with Crippen molar-refractivity contribution in [1.82, 2.24) is 0 Å². The number of rotatable bonds is 3. The van der Waals surface area contributed by atoms with Gasteiger partial charge in [-0.05, 0) is 12.3 Å². The average Bonchev–Trinajstić information content (AvgIpc) is 2.35. The highest BCUT2D eigenvalue weighted by Gasteiger charge is 2.16. The molecular formula is C8H16N2O. The molecule has 3 nitrogen and oxygen atoms in total. The zero-order valence-electron chi connectivity index (χ0n) is 7.21. The molecule has 0 spiro atoms. The van der Waals surface area contributed by atoms with Crippen LogP contribution in [0.15, 0.2) is 5.16 Å². The van der Waals surface area contributed by atoms with E-state index in [1.165, 1.54) is 0 Å². The molecule has 1 rings (SSSR count). The Hall–Kier alpha value is -0.570. The first-order valence-corrected chi connectivity index (χ1v) is 4.14. The van der Waals surface area contributed by atoms with Gasteiger partial charge in [0.15, 0.2) is 0 Å². The topological polar surface area (TPSA) is 47.6 Å². The normalized spacial score (nSPS) is 19.8. The number of oxime groups is 1. The highest BCUT2D eigenvalue weighted by molar-refractivity contribution is 5.89. The first kappa shape index (κ1) is 8.53. The van der Waals surface area contributed by atoms with Crippen LogP contribution in [0.2, 0.25) is 0 Å². The number of hydrogen-bond acceptors (Lipinski definition) is 3. The fraction of sp³-hybridized carbons (Fsp3) is 0.875. The molecule has 0 saturated heterocycles. The maximum atomic E-state index is 5.87. The maximum absolute atomic E-state index is 5.87. The van der Waals surface area contributed by atoms with E-state index in [4.69, 9.17) is 10.6 Å². The van der Waals surface area contributed by atoms with Crippen molar-refractivity contribution >= 4 is 5.71 Å². The lowest BCUT2D eigenvalue weighted by Crippen LogP contribution is -2.30. The minimum Gasteiger partial charge on any atom is -0.395 e. The summed E-state index contributed by atoms with van der Waals surface area (Å²) in [5.74, 6) is 0.633. The van der Waals surface area contributed by atoms with Gasteiger partial charge in [0.1, 0.15) is 6.61 Å². The molecule has 64 valence electrons. The third-order valence-electron chi connectivity index (χ3n) is 1.78. The molecule has 0 aliphatic carbocycles. The summed E-state index contributed by atoms with van der Waals surface area (Å²) in [4.78, 5) is 4.87. The van der Waals surface area contributed by atoms with Gasteiger partial charge in [0, 0.05) is 12.5 Å². The van der Waals surface area contributed by atoms with E-state index in [0.717, 1.165) is 18.6 Å². The van der Waals surface area contributed by atoms with Gasteiger partial charge in [-0.3, -0.25) is 0 Å². The third kappa shape index (κ3) is 2.50. The average molecular weight is 156 g/mol. The van der Waals surface area contributed by atoms with Crippen molar-refractivity contribution in [3.05, 3.63) is 0 Å². The standard InChI is InChI=1S/C8H16N2O/c1-6(2)5-7(9)8-3-4-11-10-8/h6-7H,3-5,9H2,1-2H3/t7-/m1/s1. The Morgan fingerprint density at radius 2 is 2.36 bits per heavy atom. The van der Waals surface area contributed by atoms with Crippen LogP contribution in [-0.2, 0) is 4.84 Å². The summed E-state index contributed by atoms with van der Waals surface area (Å²) in [5, 5.41) is 3.88. The Morgan fingerprint density at radius 1 is 1.64 bits per heavy atom. The van der Waals surface area contributed by atoms with Crippen molar-refractivity contribution < 1.29 is 4.84 Å². The lowest BCUT2D eigenvalue weighted by Gasteiger charge is -2.11. The molecule has 0 bridgehead atoms. The molecule has 11 heavy (non-hydrogen) atoms. The molecule has 0 aromatic heterocycles. The van der Waals surface area contributed by atoms with Crippen molar-refractivity contribution in [2.75, 3.05) is 6.61 Å². The van der Waals surface area contributed by atoms with E-state index < -0.39 is 0 Å². The van der Waals surface area contributed by atoms with Crippen LogP contribution in [0.25, 0.3) is 0 Å². The van der Waals surface area contributed by atoms with Crippen molar-refractivity contribution in [1.29, 1.82) is 0 Å². The molecule has 2 N–H and O–H groups in total. The fourth-order valence-electron chi connectivity index (χ4n) is 1.22. The van der Waals surface area contributed by atoms with Gasteiger partial charge in [-0.15, -0.1) is 0 Å². The van der Waals surface area contributed by atoms with Crippen molar-refractivity contribution in [3.8, 4) is 0 Å². The monoisotopic (exact) mass is 156 g/mol. The van der Waals surface area contributed by atoms with Gasteiger partial charge in [-0.25, -0.2) is 0 Å². The predicted molar refractivity (Wildman–Crippen MR) is 45.4 cm³/mol. The summed E-state index contributed by atoms with van der Waals surface area (Å²) in [5.41, 5.74) is 6.90. The van der Waals surface area contributed by atoms with E-state index in [2.05, 4.69) is 19.0 Å². The van der Waals surface area contributed by atoms with E-state index >= 15 is 0 Å². The van der Waals surface area contributed by atoms with Crippen LogP contribution in [0.4, 0.5) is 0 Å². The van der Waals surface area contributed by atoms with Crippen molar-refractivity contribution in [2.45, 2.75) is 32.7 Å². The zero-order chi connectivity index (χ0) is 8.27. The highest BCUT2D eigenvalue weighted by Crippen LogP contribution is 2.09. The summed E-state index contributed by atoms with van der Waals surface area (Å²) in [6, 6.07) is 0.109. The summed E-state index contributed by atoms with van der Waals surface area (Å²) < 4.78 is 0. The molecular weight excluding hydrogens is 140 g/mol. The van der Waals surface area contributed by atoms with E-state index in [0.29, 0.717) is 12.5 Å². The van der Waals surface area contributed by atoms with Gasteiger partial charge in [0.25, 0.3) is 0 Å². The van der Waals surface area contributed by atoms with Gasteiger partial charge < -0.3 is 10.6 Å². The van der Waals surface area contributed by atoms with Gasteiger partial charge in [0.2, 0.25) is 0 Å². The van der Waals surface area contributed by atoms with E-state index in [1.807, 2.05) is 0 Å². The SMILES string of the molecule is CC(C)C[C@@H](N)C1=NOCC1. The van der Waals surface area contributed by atoms with Gasteiger partial charge in [-0.2, -0.15) is 0 Å². The van der Waals surface area contributed by atoms with E-state index in [-0.39, 0.29) is 6.04 Å². The predicted octanol–water partition coefficient (Wildman–Crippen LogP) is 1.14. The minimum atomic E-state index is 0.109. The number of nitrogens with zero attached hydrogens (tertiary/aromatic N) is 1. The van der Waals surface area contributed by atoms with Crippen LogP contribution in [0.1, 0.15) is 26.7 Å². The first-order valence-electron chi connectivity index (χ1n) is 4.14. The molecule has 1 atom stereocenters. The lowest BCUT2D eigenvalue weighted by atomic mass is 9.99. The molecule has 1 aliphatic rings. The van der Waals surface area contributed by atoms with Crippen molar-refractivity contribution in [2.24, 2.45) is 16.8 Å². The molecule has 0 fully saturated rings. The zero-order valence-corrected chi connectivity index (χ0v) is 7.21. The maximum Gasteiger partial charge on any atom is 0.122 e. The Labute approximate surface area is 67.6 Å². The van der Waals surface area contributed by atoms with E-state index in [1.54, 1.807) is 0 Å². The largest absolute Gasteiger partial charge is 0.395 e. The van der Waals surface area contributed by atoms with Crippen LogP contribution in [-0.4, -0.2) is 18.4 Å². The summed E-state index contributed by atoms with van der Waals surface area (Å²) >= 11 is 0. The smallest absolute Gasteiger partial charge is 0.122 e. The summed E-state index contributed by atoms with van der Waals surface area (Å²) in [7, 11) is 0. The Balaban J connectivity index is 2.34. The molecule has 0 radical (unpaired) electrons. The van der Waals surface area contributed by atoms with Crippen LogP contribution >= 0.6 is 0 Å². The molecule has 1 heterocycles. The van der Waals surface area contributed by atoms with E-state index in [9.17, 15) is 0 Å². The molecule has 0 aromatic rings. The summed E-state index contributed by atoms with van der Waals surface area (Å²) in [6.07, 6.45) is 1.91. The minimum absolute atomic E-state index is 0.109. The van der Waals surface area contributed by atoms with Crippen LogP contribution in [0.3, 0.4) is 0 Å². The van der Waals surface area contributed by atoms with Gasteiger partial charge >= 0.3 is 0 Å². The van der Waals surface area contributed by atoms with Crippen molar-refractivity contribution in [3.63, 3.8) is 0 Å². The Kier molecular flexibility index (Phi) is 2.88. The Bertz CT molecular complexity index is 154. The Morgan fingerprint density at radius 3 is 2.82 bits per heavy atom. The molecule has 0 aromatic carbocycles. The highest BCUT2D eigenvalue weighted by atomic mass is 16.6.